The smallest absolute Gasteiger partial charge is 0.172 e. The van der Waals surface area contributed by atoms with Crippen LogP contribution in [0.3, 0.4) is 0 Å². The fourth-order valence-electron chi connectivity index (χ4n) is 5.10. The molecular weight excluding hydrogens is 388 g/mol. The molecule has 5 rings (SSSR count). The van der Waals surface area contributed by atoms with E-state index < -0.39 is 0 Å². The van der Waals surface area contributed by atoms with Gasteiger partial charge in [-0.2, -0.15) is 0 Å². The van der Waals surface area contributed by atoms with Gasteiger partial charge in [0.2, 0.25) is 0 Å². The molecule has 2 nitrogen and oxygen atoms in total. The number of ether oxygens (including phenoxy) is 2. The SMILES string of the molecule is Brc1ccc2c(c1)CC=C1CC3(CCC12Cc1ccccc1)OCCO3. The summed E-state index contributed by atoms with van der Waals surface area (Å²) in [6.07, 6.45) is 7.43. The summed E-state index contributed by atoms with van der Waals surface area (Å²) in [6, 6.07) is 17.7. The van der Waals surface area contributed by atoms with Crippen LogP contribution in [-0.4, -0.2) is 19.0 Å². The molecule has 1 heterocycles. The standard InChI is InChI=1S/C23H23BrO2/c24-20-8-9-21-18(14-20)6-7-19-16-23(25-12-13-26-23)11-10-22(19,21)15-17-4-2-1-3-5-17/h1-5,7-9,14H,6,10-13,15-16H2. The summed E-state index contributed by atoms with van der Waals surface area (Å²) in [5.41, 5.74) is 5.91. The zero-order valence-electron chi connectivity index (χ0n) is 14.8. The summed E-state index contributed by atoms with van der Waals surface area (Å²) >= 11 is 3.65. The Bertz CT molecular complexity index is 852. The Morgan fingerprint density at radius 1 is 0.962 bits per heavy atom. The number of allylic oxidation sites excluding steroid dienone is 1. The van der Waals surface area contributed by atoms with Crippen molar-refractivity contribution in [1.82, 2.24) is 0 Å². The van der Waals surface area contributed by atoms with Crippen LogP contribution in [0.4, 0.5) is 0 Å². The highest BCUT2D eigenvalue weighted by Gasteiger charge is 2.51. The number of halogens is 1. The lowest BCUT2D eigenvalue weighted by Crippen LogP contribution is -2.46. The molecule has 3 heteroatoms. The summed E-state index contributed by atoms with van der Waals surface area (Å²) in [5, 5.41) is 0. The van der Waals surface area contributed by atoms with Gasteiger partial charge in [-0.25, -0.2) is 0 Å². The van der Waals surface area contributed by atoms with Gasteiger partial charge in [-0.3, -0.25) is 0 Å². The van der Waals surface area contributed by atoms with E-state index >= 15 is 0 Å². The first-order valence-electron chi connectivity index (χ1n) is 9.50. The Morgan fingerprint density at radius 3 is 2.58 bits per heavy atom. The minimum Gasteiger partial charge on any atom is -0.347 e. The van der Waals surface area contributed by atoms with E-state index in [0.717, 1.165) is 49.8 Å². The van der Waals surface area contributed by atoms with Crippen molar-refractivity contribution < 1.29 is 9.47 Å². The second-order valence-corrected chi connectivity index (χ2v) is 8.68. The normalized spacial score (nSPS) is 26.3. The van der Waals surface area contributed by atoms with Crippen LogP contribution in [0.15, 0.2) is 64.7 Å². The van der Waals surface area contributed by atoms with Gasteiger partial charge in [-0.1, -0.05) is 64.0 Å². The summed E-state index contributed by atoms with van der Waals surface area (Å²) < 4.78 is 13.3. The van der Waals surface area contributed by atoms with Crippen LogP contribution in [0.5, 0.6) is 0 Å². The molecule has 1 saturated carbocycles. The number of fused-ring (bicyclic) bond motifs is 3. The number of hydrogen-bond donors (Lipinski definition) is 0. The van der Waals surface area contributed by atoms with Gasteiger partial charge in [0.1, 0.15) is 0 Å². The van der Waals surface area contributed by atoms with Crippen LogP contribution in [0.1, 0.15) is 36.0 Å². The molecule has 1 spiro atoms. The molecule has 2 aromatic carbocycles. The van der Waals surface area contributed by atoms with E-state index in [2.05, 4.69) is 70.5 Å². The third-order valence-electron chi connectivity index (χ3n) is 6.32. The van der Waals surface area contributed by atoms with Gasteiger partial charge < -0.3 is 9.47 Å². The molecule has 1 aliphatic heterocycles. The Hall–Kier alpha value is -1.42. The van der Waals surface area contributed by atoms with Crippen molar-refractivity contribution >= 4 is 15.9 Å². The molecule has 134 valence electrons. The van der Waals surface area contributed by atoms with Crippen LogP contribution >= 0.6 is 15.9 Å². The topological polar surface area (TPSA) is 18.5 Å². The Morgan fingerprint density at radius 2 is 1.77 bits per heavy atom. The summed E-state index contributed by atoms with van der Waals surface area (Å²) in [7, 11) is 0. The largest absolute Gasteiger partial charge is 0.347 e. The summed E-state index contributed by atoms with van der Waals surface area (Å²) in [6.45, 7) is 1.45. The zero-order valence-corrected chi connectivity index (χ0v) is 16.4. The molecule has 1 atom stereocenters. The predicted molar refractivity (Wildman–Crippen MR) is 106 cm³/mol. The molecule has 3 aliphatic rings. The van der Waals surface area contributed by atoms with Crippen LogP contribution in [0.25, 0.3) is 0 Å². The monoisotopic (exact) mass is 410 g/mol. The Labute approximate surface area is 163 Å². The van der Waals surface area contributed by atoms with Crippen LogP contribution in [0, 0.1) is 0 Å². The van der Waals surface area contributed by atoms with Crippen molar-refractivity contribution in [3.63, 3.8) is 0 Å². The number of benzene rings is 2. The molecule has 0 aromatic heterocycles. The van der Waals surface area contributed by atoms with Crippen molar-refractivity contribution in [3.05, 3.63) is 81.3 Å². The van der Waals surface area contributed by atoms with E-state index in [1.807, 2.05) is 0 Å². The quantitative estimate of drug-likeness (QED) is 0.622. The summed E-state index contributed by atoms with van der Waals surface area (Å²) in [5.74, 6) is -0.376. The van der Waals surface area contributed by atoms with Gasteiger partial charge in [0.15, 0.2) is 5.79 Å². The first-order chi connectivity index (χ1) is 12.7. The maximum absolute atomic E-state index is 6.06. The van der Waals surface area contributed by atoms with E-state index in [1.165, 1.54) is 22.3 Å². The summed E-state index contributed by atoms with van der Waals surface area (Å²) in [4.78, 5) is 0. The maximum Gasteiger partial charge on any atom is 0.172 e. The highest BCUT2D eigenvalue weighted by molar-refractivity contribution is 9.10. The molecule has 2 fully saturated rings. The van der Waals surface area contributed by atoms with Gasteiger partial charge in [0.05, 0.1) is 13.2 Å². The number of rotatable bonds is 2. The average molecular weight is 411 g/mol. The number of hydrogen-bond acceptors (Lipinski definition) is 2. The molecule has 0 amide bonds. The third-order valence-corrected chi connectivity index (χ3v) is 6.81. The van der Waals surface area contributed by atoms with Crippen molar-refractivity contribution in [3.8, 4) is 0 Å². The second kappa shape index (κ2) is 6.33. The second-order valence-electron chi connectivity index (χ2n) is 7.76. The fourth-order valence-corrected chi connectivity index (χ4v) is 5.51. The van der Waals surface area contributed by atoms with Crippen molar-refractivity contribution in [2.45, 2.75) is 43.3 Å². The van der Waals surface area contributed by atoms with Crippen LogP contribution < -0.4 is 0 Å². The van der Waals surface area contributed by atoms with Gasteiger partial charge >= 0.3 is 0 Å². The molecule has 1 saturated heterocycles. The predicted octanol–water partition coefficient (Wildman–Crippen LogP) is 5.34. The highest BCUT2D eigenvalue weighted by Crippen LogP contribution is 2.54. The minimum absolute atomic E-state index is 0.0657. The highest BCUT2D eigenvalue weighted by atomic mass is 79.9. The molecule has 0 N–H and O–H groups in total. The Kier molecular flexibility index (Phi) is 4.07. The average Bonchev–Trinajstić information content (AvgIpc) is 3.11. The van der Waals surface area contributed by atoms with Crippen molar-refractivity contribution in [2.24, 2.45) is 0 Å². The van der Waals surface area contributed by atoms with E-state index in [1.54, 1.807) is 0 Å². The maximum atomic E-state index is 6.06. The third kappa shape index (κ3) is 2.69. The molecule has 2 aliphatic carbocycles. The van der Waals surface area contributed by atoms with Gasteiger partial charge in [-0.05, 0) is 48.1 Å². The minimum atomic E-state index is -0.376. The molecule has 0 radical (unpaired) electrons. The van der Waals surface area contributed by atoms with Gasteiger partial charge in [-0.15, -0.1) is 0 Å². The van der Waals surface area contributed by atoms with Gasteiger partial charge in [0.25, 0.3) is 0 Å². The molecule has 0 bridgehead atoms. The Balaban J connectivity index is 1.60. The van der Waals surface area contributed by atoms with Crippen molar-refractivity contribution in [1.29, 1.82) is 0 Å². The molecule has 1 unspecified atom stereocenters. The van der Waals surface area contributed by atoms with E-state index in [4.69, 9.17) is 9.47 Å². The molecule has 26 heavy (non-hydrogen) atoms. The molecular formula is C23H23BrO2. The fraction of sp³-hybridized carbons (Fsp3) is 0.391. The van der Waals surface area contributed by atoms with Crippen LogP contribution in [-0.2, 0) is 27.7 Å². The first-order valence-corrected chi connectivity index (χ1v) is 10.3. The first kappa shape index (κ1) is 16.7. The zero-order chi connectivity index (χ0) is 17.6. The lowest BCUT2D eigenvalue weighted by molar-refractivity contribution is -0.173. The van der Waals surface area contributed by atoms with E-state index in [-0.39, 0.29) is 11.2 Å². The van der Waals surface area contributed by atoms with Crippen molar-refractivity contribution in [2.75, 3.05) is 13.2 Å². The van der Waals surface area contributed by atoms with Crippen LogP contribution in [0.2, 0.25) is 0 Å². The lowest BCUT2D eigenvalue weighted by atomic mass is 9.58. The van der Waals surface area contributed by atoms with Gasteiger partial charge in [0, 0.05) is 22.7 Å². The van der Waals surface area contributed by atoms with E-state index in [9.17, 15) is 0 Å². The lowest BCUT2D eigenvalue weighted by Gasteiger charge is -2.49. The molecule has 2 aromatic rings. The van der Waals surface area contributed by atoms with E-state index in [0.29, 0.717) is 0 Å².